The lowest BCUT2D eigenvalue weighted by Crippen LogP contribution is -2.48. The predicted octanol–water partition coefficient (Wildman–Crippen LogP) is 4.15. The highest BCUT2D eigenvalue weighted by atomic mass is 35.5. The molecule has 6 nitrogen and oxygen atoms in total. The molecule has 0 atom stereocenters. The van der Waals surface area contributed by atoms with Crippen molar-refractivity contribution in [3.63, 3.8) is 0 Å². The quantitative estimate of drug-likeness (QED) is 0.667. The molecule has 1 N–H and O–H groups in total. The first kappa shape index (κ1) is 22.4. The Balaban J connectivity index is 1.85. The van der Waals surface area contributed by atoms with E-state index >= 15 is 0 Å². The van der Waals surface area contributed by atoms with Gasteiger partial charge in [-0.05, 0) is 48.2 Å². The molecule has 1 aliphatic heterocycles. The van der Waals surface area contributed by atoms with Crippen molar-refractivity contribution in [1.29, 1.82) is 0 Å². The lowest BCUT2D eigenvalue weighted by molar-refractivity contribution is -0.130. The molecule has 1 fully saturated rings. The third-order valence-corrected chi connectivity index (χ3v) is 5.90. The van der Waals surface area contributed by atoms with Crippen LogP contribution >= 0.6 is 23.2 Å². The molecule has 160 valence electrons. The van der Waals surface area contributed by atoms with Crippen LogP contribution in [0, 0.1) is 0 Å². The summed E-state index contributed by atoms with van der Waals surface area (Å²) in [6, 6.07) is 10.3. The van der Waals surface area contributed by atoms with Crippen molar-refractivity contribution in [3.05, 3.63) is 63.1 Å². The largest absolute Gasteiger partial charge is 0.496 e. The second-order valence-corrected chi connectivity index (χ2v) is 7.87. The number of hydrogen-bond donors (Lipinski definition) is 1. The lowest BCUT2D eigenvalue weighted by atomic mass is 9.73. The maximum absolute atomic E-state index is 13.4. The number of rotatable bonds is 6. The van der Waals surface area contributed by atoms with E-state index in [1.54, 1.807) is 36.4 Å². The van der Waals surface area contributed by atoms with Crippen molar-refractivity contribution >= 4 is 35.1 Å². The molecule has 30 heavy (non-hydrogen) atoms. The SMILES string of the molecule is COC(=O)c1cc(CNC(=O)C2(c3ccc(Cl)cc3Cl)CCOCC2)ccc1OC. The van der Waals surface area contributed by atoms with E-state index in [1.165, 1.54) is 14.2 Å². The van der Waals surface area contributed by atoms with Crippen molar-refractivity contribution in [1.82, 2.24) is 5.32 Å². The first-order chi connectivity index (χ1) is 14.4. The van der Waals surface area contributed by atoms with Crippen molar-refractivity contribution in [2.24, 2.45) is 0 Å². The van der Waals surface area contributed by atoms with Crippen LogP contribution < -0.4 is 10.1 Å². The number of benzene rings is 2. The summed E-state index contributed by atoms with van der Waals surface area (Å²) in [5.41, 5.74) is 0.971. The van der Waals surface area contributed by atoms with Crippen LogP contribution in [0.15, 0.2) is 36.4 Å². The molecule has 1 amide bonds. The fraction of sp³-hybridized carbons (Fsp3) is 0.364. The maximum atomic E-state index is 13.4. The van der Waals surface area contributed by atoms with Gasteiger partial charge in [-0.25, -0.2) is 4.79 Å². The lowest BCUT2D eigenvalue weighted by Gasteiger charge is -2.37. The molecule has 0 bridgehead atoms. The van der Waals surface area contributed by atoms with Gasteiger partial charge in [0, 0.05) is 29.8 Å². The van der Waals surface area contributed by atoms with Gasteiger partial charge >= 0.3 is 5.97 Å². The zero-order chi connectivity index (χ0) is 21.7. The molecule has 0 aliphatic carbocycles. The number of methoxy groups -OCH3 is 2. The number of carbonyl (C=O) groups is 2. The van der Waals surface area contributed by atoms with E-state index in [-0.39, 0.29) is 12.5 Å². The van der Waals surface area contributed by atoms with Gasteiger partial charge < -0.3 is 19.5 Å². The molecule has 0 unspecified atom stereocenters. The second kappa shape index (κ2) is 9.69. The third-order valence-electron chi connectivity index (χ3n) is 5.35. The number of nitrogens with one attached hydrogen (secondary N) is 1. The molecular formula is C22H23Cl2NO5. The van der Waals surface area contributed by atoms with Crippen LogP contribution in [0.5, 0.6) is 5.75 Å². The minimum absolute atomic E-state index is 0.148. The highest BCUT2D eigenvalue weighted by Crippen LogP contribution is 2.40. The van der Waals surface area contributed by atoms with Gasteiger partial charge in [-0.15, -0.1) is 0 Å². The summed E-state index contributed by atoms with van der Waals surface area (Å²) in [5, 5.41) is 3.96. The summed E-state index contributed by atoms with van der Waals surface area (Å²) >= 11 is 12.5. The Hall–Kier alpha value is -2.28. The zero-order valence-corrected chi connectivity index (χ0v) is 18.3. The average Bonchev–Trinajstić information content (AvgIpc) is 2.77. The summed E-state index contributed by atoms with van der Waals surface area (Å²) in [6.45, 7) is 1.16. The van der Waals surface area contributed by atoms with E-state index in [4.69, 9.17) is 37.4 Å². The van der Waals surface area contributed by atoms with Gasteiger partial charge in [-0.3, -0.25) is 4.79 Å². The average molecular weight is 452 g/mol. The molecule has 2 aromatic carbocycles. The molecule has 3 rings (SSSR count). The Morgan fingerprint density at radius 1 is 1.10 bits per heavy atom. The number of amides is 1. The van der Waals surface area contributed by atoms with Crippen LogP contribution in [0.3, 0.4) is 0 Å². The molecule has 8 heteroatoms. The minimum Gasteiger partial charge on any atom is -0.496 e. The molecule has 0 spiro atoms. The van der Waals surface area contributed by atoms with Gasteiger partial charge in [-0.1, -0.05) is 35.3 Å². The Kier molecular flexibility index (Phi) is 7.23. The van der Waals surface area contributed by atoms with Crippen LogP contribution in [-0.4, -0.2) is 39.3 Å². The Bertz CT molecular complexity index is 941. The highest BCUT2D eigenvalue weighted by Gasteiger charge is 2.43. The number of halogens is 2. The van der Waals surface area contributed by atoms with Crippen LogP contribution in [0.1, 0.15) is 34.3 Å². The molecule has 0 aromatic heterocycles. The molecule has 1 aliphatic rings. The molecule has 2 aromatic rings. The summed E-state index contributed by atoms with van der Waals surface area (Å²) < 4.78 is 15.5. The van der Waals surface area contributed by atoms with Crippen molar-refractivity contribution in [2.75, 3.05) is 27.4 Å². The summed E-state index contributed by atoms with van der Waals surface area (Å²) in [6.07, 6.45) is 1.02. The van der Waals surface area contributed by atoms with Crippen molar-refractivity contribution in [3.8, 4) is 5.75 Å². The van der Waals surface area contributed by atoms with Crippen LogP contribution in [0.25, 0.3) is 0 Å². The highest BCUT2D eigenvalue weighted by molar-refractivity contribution is 6.35. The Morgan fingerprint density at radius 3 is 2.47 bits per heavy atom. The van der Waals surface area contributed by atoms with Crippen molar-refractivity contribution < 1.29 is 23.8 Å². The number of carbonyl (C=O) groups excluding carboxylic acids is 2. The maximum Gasteiger partial charge on any atom is 0.341 e. The summed E-state index contributed by atoms with van der Waals surface area (Å²) in [5.74, 6) is -0.245. The second-order valence-electron chi connectivity index (χ2n) is 7.03. The molecule has 1 saturated heterocycles. The number of hydrogen-bond acceptors (Lipinski definition) is 5. The first-order valence-corrected chi connectivity index (χ1v) is 10.2. The summed E-state index contributed by atoms with van der Waals surface area (Å²) in [7, 11) is 2.79. The van der Waals surface area contributed by atoms with Gasteiger partial charge in [0.15, 0.2) is 0 Å². The molecule has 0 saturated carbocycles. The van der Waals surface area contributed by atoms with Gasteiger partial charge in [0.1, 0.15) is 11.3 Å². The van der Waals surface area contributed by atoms with Crippen LogP contribution in [0.2, 0.25) is 10.0 Å². The Morgan fingerprint density at radius 2 is 1.83 bits per heavy atom. The van der Waals surface area contributed by atoms with Crippen LogP contribution in [0.4, 0.5) is 0 Å². The number of ether oxygens (including phenoxy) is 3. The fourth-order valence-electron chi connectivity index (χ4n) is 3.70. The number of esters is 1. The smallest absolute Gasteiger partial charge is 0.341 e. The van der Waals surface area contributed by atoms with Crippen LogP contribution in [-0.2, 0) is 26.2 Å². The molecule has 0 radical (unpaired) electrons. The standard InChI is InChI=1S/C22H23Cl2NO5/c1-28-19-6-3-14(11-16(19)20(26)29-2)13-25-21(27)22(7-9-30-10-8-22)17-5-4-15(23)12-18(17)24/h3-6,11-12H,7-10,13H2,1-2H3,(H,25,27). The molecule has 1 heterocycles. The van der Waals surface area contributed by atoms with Crippen molar-refractivity contribution in [2.45, 2.75) is 24.8 Å². The Labute approximate surface area is 185 Å². The topological polar surface area (TPSA) is 73.9 Å². The minimum atomic E-state index is -0.808. The monoisotopic (exact) mass is 451 g/mol. The fourth-order valence-corrected chi connectivity index (χ4v) is 4.29. The van der Waals surface area contributed by atoms with E-state index in [1.807, 2.05) is 0 Å². The van der Waals surface area contributed by atoms with E-state index in [0.29, 0.717) is 47.4 Å². The first-order valence-electron chi connectivity index (χ1n) is 9.48. The van der Waals surface area contributed by atoms with Gasteiger partial charge in [-0.2, -0.15) is 0 Å². The molecular weight excluding hydrogens is 429 g/mol. The predicted molar refractivity (Wildman–Crippen MR) is 114 cm³/mol. The normalized spacial score (nSPS) is 15.3. The third kappa shape index (κ3) is 4.56. The van der Waals surface area contributed by atoms with E-state index in [0.717, 1.165) is 11.1 Å². The van der Waals surface area contributed by atoms with Gasteiger partial charge in [0.2, 0.25) is 5.91 Å². The van der Waals surface area contributed by atoms with E-state index in [2.05, 4.69) is 5.32 Å². The van der Waals surface area contributed by atoms with Gasteiger partial charge in [0.05, 0.1) is 19.6 Å². The van der Waals surface area contributed by atoms with E-state index in [9.17, 15) is 9.59 Å². The van der Waals surface area contributed by atoms with Gasteiger partial charge in [0.25, 0.3) is 0 Å². The van der Waals surface area contributed by atoms with E-state index < -0.39 is 11.4 Å². The zero-order valence-electron chi connectivity index (χ0n) is 16.8. The summed E-state index contributed by atoms with van der Waals surface area (Å²) in [4.78, 5) is 25.4.